The number of hydrogen-bond acceptors (Lipinski definition) is 6. The molecule has 0 radical (unpaired) electrons. The Morgan fingerprint density at radius 1 is 1.08 bits per heavy atom. The van der Waals surface area contributed by atoms with Crippen molar-refractivity contribution in [3.8, 4) is 5.75 Å². The molecule has 0 spiro atoms. The number of hydrogen-bond donors (Lipinski definition) is 4. The molecule has 0 bridgehead atoms. The fraction of sp³-hybridized carbons (Fsp3) is 0.0667. The normalized spacial score (nSPS) is 9.88. The number of rotatable bonds is 4. The van der Waals surface area contributed by atoms with Gasteiger partial charge in [-0.05, 0) is 24.3 Å². The van der Waals surface area contributed by atoms with Crippen molar-refractivity contribution in [1.82, 2.24) is 10.9 Å². The van der Waals surface area contributed by atoms with Gasteiger partial charge in [-0.15, -0.1) is 0 Å². The lowest BCUT2D eigenvalue weighted by molar-refractivity contribution is -0.384. The number of benzene rings is 2. The van der Waals surface area contributed by atoms with Crippen molar-refractivity contribution in [2.75, 3.05) is 12.4 Å². The highest BCUT2D eigenvalue weighted by atomic mass is 16.6. The number of nitrogens with zero attached hydrogens (tertiary/aromatic N) is 1. The molecular weight excluding hydrogens is 316 g/mol. The minimum absolute atomic E-state index is 0.00159. The van der Waals surface area contributed by atoms with Crippen molar-refractivity contribution in [2.24, 2.45) is 0 Å². The second-order valence-electron chi connectivity index (χ2n) is 4.66. The van der Waals surface area contributed by atoms with Gasteiger partial charge >= 0.3 is 0 Å². The van der Waals surface area contributed by atoms with Crippen LogP contribution in [0, 0.1) is 10.1 Å². The molecule has 0 aliphatic rings. The van der Waals surface area contributed by atoms with Crippen LogP contribution in [0.2, 0.25) is 0 Å². The number of nitro benzene ring substituents is 1. The Morgan fingerprint density at radius 3 is 2.38 bits per heavy atom. The predicted molar refractivity (Wildman–Crippen MR) is 85.7 cm³/mol. The van der Waals surface area contributed by atoms with Gasteiger partial charge in [-0.25, -0.2) is 0 Å². The van der Waals surface area contributed by atoms with E-state index in [2.05, 4.69) is 16.2 Å². The molecule has 0 aromatic heterocycles. The van der Waals surface area contributed by atoms with Crippen LogP contribution in [0.15, 0.2) is 42.5 Å². The molecule has 0 atom stereocenters. The minimum Gasteiger partial charge on any atom is -0.507 e. The van der Waals surface area contributed by atoms with Crippen LogP contribution in [0.3, 0.4) is 0 Å². The highest BCUT2D eigenvalue weighted by Crippen LogP contribution is 2.24. The van der Waals surface area contributed by atoms with Gasteiger partial charge in [0.05, 0.1) is 10.5 Å². The number of phenols is 1. The molecule has 2 aromatic rings. The topological polar surface area (TPSA) is 134 Å². The maximum Gasteiger partial charge on any atom is 0.293 e. The molecule has 124 valence electrons. The third kappa shape index (κ3) is 3.58. The van der Waals surface area contributed by atoms with E-state index in [1.807, 2.05) is 0 Å². The summed E-state index contributed by atoms with van der Waals surface area (Å²) in [6.45, 7) is 0. The second kappa shape index (κ2) is 7.09. The Bertz CT molecular complexity index is 806. The van der Waals surface area contributed by atoms with Crippen LogP contribution in [0.1, 0.15) is 20.7 Å². The number of anilines is 1. The number of phenolic OH excluding ortho intramolecular Hbond substituents is 1. The van der Waals surface area contributed by atoms with E-state index in [9.17, 15) is 24.8 Å². The predicted octanol–water partition coefficient (Wildman–Crippen LogP) is 1.42. The summed E-state index contributed by atoms with van der Waals surface area (Å²) in [5.41, 5.74) is 4.24. The molecule has 0 aliphatic heterocycles. The molecule has 2 rings (SSSR count). The zero-order valence-electron chi connectivity index (χ0n) is 12.6. The number of hydrazine groups is 1. The maximum absolute atomic E-state index is 12.0. The monoisotopic (exact) mass is 330 g/mol. The van der Waals surface area contributed by atoms with E-state index in [1.54, 1.807) is 12.1 Å². The molecule has 9 nitrogen and oxygen atoms in total. The molecule has 9 heteroatoms. The molecule has 4 N–H and O–H groups in total. The largest absolute Gasteiger partial charge is 0.507 e. The summed E-state index contributed by atoms with van der Waals surface area (Å²) < 4.78 is 0. The van der Waals surface area contributed by atoms with Gasteiger partial charge < -0.3 is 10.4 Å². The van der Waals surface area contributed by atoms with Crippen molar-refractivity contribution >= 4 is 23.2 Å². The number of carbonyl (C=O) groups is 2. The van der Waals surface area contributed by atoms with Crippen molar-refractivity contribution in [3.63, 3.8) is 0 Å². The molecule has 24 heavy (non-hydrogen) atoms. The highest BCUT2D eigenvalue weighted by molar-refractivity contribution is 6.00. The maximum atomic E-state index is 12.0. The summed E-state index contributed by atoms with van der Waals surface area (Å²) in [4.78, 5) is 34.2. The summed E-state index contributed by atoms with van der Waals surface area (Å²) in [5, 5.41) is 23.2. The molecule has 0 fully saturated rings. The first-order valence-corrected chi connectivity index (χ1v) is 6.79. The molecule has 0 saturated heterocycles. The van der Waals surface area contributed by atoms with E-state index in [1.165, 1.54) is 31.3 Å². The summed E-state index contributed by atoms with van der Waals surface area (Å²) in [6.07, 6.45) is 0. The zero-order chi connectivity index (χ0) is 17.7. The van der Waals surface area contributed by atoms with Crippen molar-refractivity contribution in [3.05, 3.63) is 63.7 Å². The molecule has 0 unspecified atom stereocenters. The van der Waals surface area contributed by atoms with E-state index in [4.69, 9.17) is 0 Å². The Kier molecular flexibility index (Phi) is 4.95. The SMILES string of the molecule is CNc1ccc(C(=O)NNC(=O)c2ccccc2O)cc1[N+](=O)[O-]. The molecule has 0 aliphatic carbocycles. The van der Waals surface area contributed by atoms with Crippen molar-refractivity contribution < 1.29 is 19.6 Å². The summed E-state index contributed by atoms with van der Waals surface area (Å²) in [7, 11) is 1.52. The fourth-order valence-electron chi connectivity index (χ4n) is 1.95. The van der Waals surface area contributed by atoms with Gasteiger partial charge in [0.1, 0.15) is 11.4 Å². The Morgan fingerprint density at radius 2 is 1.75 bits per heavy atom. The number of nitro groups is 1. The quantitative estimate of drug-likeness (QED) is 0.495. The van der Waals surface area contributed by atoms with Crippen molar-refractivity contribution in [2.45, 2.75) is 0 Å². The highest BCUT2D eigenvalue weighted by Gasteiger charge is 2.17. The van der Waals surface area contributed by atoms with Gasteiger partial charge in [0.25, 0.3) is 17.5 Å². The third-order valence-corrected chi connectivity index (χ3v) is 3.16. The lowest BCUT2D eigenvalue weighted by Gasteiger charge is -2.09. The van der Waals surface area contributed by atoms with Crippen molar-refractivity contribution in [1.29, 1.82) is 0 Å². The van der Waals surface area contributed by atoms with Crippen LogP contribution in [-0.4, -0.2) is 28.9 Å². The van der Waals surface area contributed by atoms with Crippen LogP contribution in [0.4, 0.5) is 11.4 Å². The first-order chi connectivity index (χ1) is 11.4. The van der Waals surface area contributed by atoms with Gasteiger partial charge in [0.15, 0.2) is 0 Å². The fourth-order valence-corrected chi connectivity index (χ4v) is 1.95. The number of para-hydroxylation sites is 1. The number of amides is 2. The lowest BCUT2D eigenvalue weighted by Crippen LogP contribution is -2.41. The van der Waals surface area contributed by atoms with Gasteiger partial charge in [0, 0.05) is 18.7 Å². The van der Waals surface area contributed by atoms with Gasteiger partial charge in [-0.1, -0.05) is 12.1 Å². The first kappa shape index (κ1) is 16.7. The Hall–Kier alpha value is -3.62. The van der Waals surface area contributed by atoms with Crippen LogP contribution in [0.5, 0.6) is 5.75 Å². The third-order valence-electron chi connectivity index (χ3n) is 3.16. The smallest absolute Gasteiger partial charge is 0.293 e. The number of nitrogens with one attached hydrogen (secondary N) is 3. The average Bonchev–Trinajstić information content (AvgIpc) is 2.59. The Labute approximate surface area is 136 Å². The standard InChI is InChI=1S/C15H14N4O5/c1-16-11-7-6-9(8-12(11)19(23)24)14(21)17-18-15(22)10-4-2-3-5-13(10)20/h2-8,16,20H,1H3,(H,17,21)(H,18,22). The number of aromatic hydroxyl groups is 1. The molecule has 0 heterocycles. The summed E-state index contributed by atoms with van der Waals surface area (Å²) in [5.74, 6) is -1.69. The van der Waals surface area contributed by atoms with Gasteiger partial charge in [-0.3, -0.25) is 30.6 Å². The minimum atomic E-state index is -0.732. The van der Waals surface area contributed by atoms with E-state index in [0.717, 1.165) is 6.07 Å². The molecular formula is C15H14N4O5. The number of carbonyl (C=O) groups excluding carboxylic acids is 2. The first-order valence-electron chi connectivity index (χ1n) is 6.79. The van der Waals surface area contributed by atoms with Crippen LogP contribution in [-0.2, 0) is 0 Å². The Balaban J connectivity index is 2.10. The van der Waals surface area contributed by atoms with Crippen LogP contribution >= 0.6 is 0 Å². The second-order valence-corrected chi connectivity index (χ2v) is 4.66. The molecule has 2 amide bonds. The van der Waals surface area contributed by atoms with E-state index in [-0.39, 0.29) is 28.3 Å². The lowest BCUT2D eigenvalue weighted by atomic mass is 10.1. The van der Waals surface area contributed by atoms with E-state index < -0.39 is 16.7 Å². The molecule has 0 saturated carbocycles. The average molecular weight is 330 g/mol. The van der Waals surface area contributed by atoms with Gasteiger partial charge in [-0.2, -0.15) is 0 Å². The molecule has 2 aromatic carbocycles. The van der Waals surface area contributed by atoms with E-state index >= 15 is 0 Å². The van der Waals surface area contributed by atoms with Crippen LogP contribution < -0.4 is 16.2 Å². The van der Waals surface area contributed by atoms with E-state index in [0.29, 0.717) is 0 Å². The van der Waals surface area contributed by atoms with Gasteiger partial charge in [0.2, 0.25) is 0 Å². The summed E-state index contributed by atoms with van der Waals surface area (Å²) >= 11 is 0. The van der Waals surface area contributed by atoms with Crippen LogP contribution in [0.25, 0.3) is 0 Å². The zero-order valence-corrected chi connectivity index (χ0v) is 12.6. The summed E-state index contributed by atoms with van der Waals surface area (Å²) in [6, 6.07) is 9.66.